The van der Waals surface area contributed by atoms with Crippen molar-refractivity contribution >= 4 is 17.6 Å². The maximum atomic E-state index is 11.7. The third-order valence-corrected chi connectivity index (χ3v) is 3.83. The van der Waals surface area contributed by atoms with Gasteiger partial charge in [-0.15, -0.1) is 0 Å². The fourth-order valence-electron chi connectivity index (χ4n) is 1.60. The van der Waals surface area contributed by atoms with Crippen molar-refractivity contribution in [3.8, 4) is 0 Å². The first-order chi connectivity index (χ1) is 7.47. The smallest absolute Gasteiger partial charge is 0.144 e. The van der Waals surface area contributed by atoms with Crippen LogP contribution in [0.2, 0.25) is 0 Å². The van der Waals surface area contributed by atoms with Crippen molar-refractivity contribution in [2.75, 3.05) is 0 Å². The van der Waals surface area contributed by atoms with Crippen LogP contribution in [0.3, 0.4) is 0 Å². The predicted molar refractivity (Wildman–Crippen MR) is 66.0 cm³/mol. The van der Waals surface area contributed by atoms with Crippen LogP contribution < -0.4 is 0 Å². The molecule has 0 amide bonds. The molecule has 0 N–H and O–H groups in total. The molecular formula is C11H17N3OS. The molecule has 0 aromatic carbocycles. The van der Waals surface area contributed by atoms with Crippen LogP contribution in [-0.4, -0.2) is 25.1 Å². The summed E-state index contributed by atoms with van der Waals surface area (Å²) in [5, 5.41) is 0. The second kappa shape index (κ2) is 4.22. The Kier molecular flexibility index (Phi) is 3.08. The van der Waals surface area contributed by atoms with Gasteiger partial charge >= 0.3 is 0 Å². The van der Waals surface area contributed by atoms with Gasteiger partial charge in [-0.05, 0) is 27.2 Å². The van der Waals surface area contributed by atoms with E-state index in [9.17, 15) is 4.55 Å². The summed E-state index contributed by atoms with van der Waals surface area (Å²) in [7, 11) is 0. The van der Waals surface area contributed by atoms with E-state index in [1.165, 1.54) is 6.42 Å². The summed E-state index contributed by atoms with van der Waals surface area (Å²) in [6, 6.07) is 0. The third-order valence-electron chi connectivity index (χ3n) is 2.48. The molecule has 16 heavy (non-hydrogen) atoms. The number of aryl methyl sites for hydroxylation is 2. The normalized spacial score (nSPS) is 18.0. The van der Waals surface area contributed by atoms with Gasteiger partial charge < -0.3 is 9.12 Å². The van der Waals surface area contributed by atoms with Crippen LogP contribution in [0.5, 0.6) is 0 Å². The van der Waals surface area contributed by atoms with Crippen molar-refractivity contribution in [1.82, 2.24) is 9.55 Å². The maximum absolute atomic E-state index is 11.7. The Morgan fingerprint density at radius 2 is 2.31 bits per heavy atom. The highest BCUT2D eigenvalue weighted by Crippen LogP contribution is 2.17. The van der Waals surface area contributed by atoms with Crippen LogP contribution >= 0.6 is 0 Å². The van der Waals surface area contributed by atoms with E-state index in [1.54, 1.807) is 6.21 Å². The van der Waals surface area contributed by atoms with Crippen molar-refractivity contribution in [3.05, 3.63) is 17.7 Å². The fraction of sp³-hybridized carbons (Fsp3) is 0.636. The number of hydrogen-bond acceptors (Lipinski definition) is 3. The van der Waals surface area contributed by atoms with E-state index in [4.69, 9.17) is 0 Å². The van der Waals surface area contributed by atoms with Gasteiger partial charge in [0, 0.05) is 19.2 Å². The van der Waals surface area contributed by atoms with Crippen LogP contribution in [0.15, 0.2) is 10.6 Å². The van der Waals surface area contributed by atoms with E-state index < -0.39 is 11.4 Å². The summed E-state index contributed by atoms with van der Waals surface area (Å²) in [4.78, 5) is 4.42. The summed E-state index contributed by atoms with van der Waals surface area (Å²) in [6.07, 6.45) is 5.81. The van der Waals surface area contributed by atoms with Crippen molar-refractivity contribution in [1.29, 1.82) is 0 Å². The highest BCUT2D eigenvalue weighted by atomic mass is 32.2. The molecule has 0 aliphatic carbocycles. The highest BCUT2D eigenvalue weighted by Gasteiger charge is 2.26. The van der Waals surface area contributed by atoms with Crippen molar-refractivity contribution in [2.45, 2.75) is 44.9 Å². The molecule has 0 bridgehead atoms. The molecule has 0 saturated heterocycles. The highest BCUT2D eigenvalue weighted by molar-refractivity contribution is 7.91. The summed E-state index contributed by atoms with van der Waals surface area (Å²) in [5.41, 5.74) is 0.812. The zero-order valence-electron chi connectivity index (χ0n) is 9.93. The molecule has 0 fully saturated rings. The molecule has 2 rings (SSSR count). The third kappa shape index (κ3) is 2.47. The van der Waals surface area contributed by atoms with Crippen molar-refractivity contribution in [3.63, 3.8) is 0 Å². The van der Waals surface area contributed by atoms with Gasteiger partial charge in [0.05, 0.1) is 0 Å². The fourth-order valence-corrected chi connectivity index (χ4v) is 2.12. The lowest BCUT2D eigenvalue weighted by Gasteiger charge is -2.17. The average molecular weight is 239 g/mol. The number of nitrogens with zero attached hydrogens (tertiary/aromatic N) is 3. The molecule has 2 heterocycles. The number of hydrogen-bond donors (Lipinski definition) is 0. The molecule has 5 heteroatoms. The van der Waals surface area contributed by atoms with Crippen molar-refractivity contribution < 1.29 is 4.55 Å². The second-order valence-electron chi connectivity index (χ2n) is 4.97. The van der Waals surface area contributed by atoms with E-state index in [0.717, 1.165) is 24.5 Å². The Balaban J connectivity index is 2.06. The molecule has 1 atom stereocenters. The monoisotopic (exact) mass is 239 g/mol. The van der Waals surface area contributed by atoms with Gasteiger partial charge in [-0.25, -0.2) is 4.98 Å². The summed E-state index contributed by atoms with van der Waals surface area (Å²) in [5.74, 6) is 1.11. The zero-order valence-corrected chi connectivity index (χ0v) is 10.8. The van der Waals surface area contributed by atoms with E-state index in [0.29, 0.717) is 0 Å². The maximum Gasteiger partial charge on any atom is 0.144 e. The Hall–Kier alpha value is -0.810. The first-order valence-corrected chi connectivity index (χ1v) is 6.59. The zero-order chi connectivity index (χ0) is 11.8. The number of aromatic nitrogens is 2. The predicted octanol–water partition coefficient (Wildman–Crippen LogP) is 1.71. The minimum atomic E-state index is -1.20. The first kappa shape index (κ1) is 11.7. The first-order valence-electron chi connectivity index (χ1n) is 5.49. The van der Waals surface area contributed by atoms with Gasteiger partial charge in [-0.1, -0.05) is 4.40 Å². The molecule has 1 aliphatic heterocycles. The summed E-state index contributed by atoms with van der Waals surface area (Å²) >= 11 is -1.20. The van der Waals surface area contributed by atoms with Crippen LogP contribution in [0.1, 0.15) is 38.7 Å². The summed E-state index contributed by atoms with van der Waals surface area (Å²) < 4.78 is 17.6. The van der Waals surface area contributed by atoms with E-state index in [-0.39, 0.29) is 4.75 Å². The lowest BCUT2D eigenvalue weighted by molar-refractivity contribution is 0.562. The van der Waals surface area contributed by atoms with Gasteiger partial charge in [-0.2, -0.15) is 0 Å². The van der Waals surface area contributed by atoms with Crippen molar-refractivity contribution in [2.24, 2.45) is 4.40 Å². The molecular weight excluding hydrogens is 222 g/mol. The lowest BCUT2D eigenvalue weighted by atomic mass is 10.3. The van der Waals surface area contributed by atoms with Crippen LogP contribution in [-0.2, 0) is 24.3 Å². The molecule has 0 spiro atoms. The second-order valence-corrected chi connectivity index (χ2v) is 6.91. The molecule has 1 aromatic heterocycles. The molecule has 88 valence electrons. The van der Waals surface area contributed by atoms with Crippen LogP contribution in [0, 0.1) is 0 Å². The minimum Gasteiger partial charge on any atom is -0.591 e. The average Bonchev–Trinajstić information content (AvgIpc) is 2.71. The largest absolute Gasteiger partial charge is 0.591 e. The minimum absolute atomic E-state index is 0.307. The lowest BCUT2D eigenvalue weighted by Crippen LogP contribution is -2.25. The number of imidazole rings is 1. The topological polar surface area (TPSA) is 53.2 Å². The van der Waals surface area contributed by atoms with Crippen LogP contribution in [0.25, 0.3) is 0 Å². The molecule has 0 radical (unpaired) electrons. The molecule has 1 aromatic rings. The molecule has 4 nitrogen and oxygen atoms in total. The SMILES string of the molecule is CC(C)(C)[S+]([O-])/N=C/c1cn2c(n1)CCC2. The number of fused-ring (bicyclic) bond motifs is 1. The summed E-state index contributed by atoms with van der Waals surface area (Å²) in [6.45, 7) is 6.77. The Labute approximate surface area is 99.1 Å². The van der Waals surface area contributed by atoms with Gasteiger partial charge in [0.1, 0.15) is 33.8 Å². The quantitative estimate of drug-likeness (QED) is 0.583. The number of rotatable bonds is 2. The van der Waals surface area contributed by atoms with E-state index in [2.05, 4.69) is 13.9 Å². The standard InChI is InChI=1S/C11H17N3OS/c1-11(2,3)16(15)12-7-9-8-14-6-4-5-10(14)13-9/h7-8H,4-6H2,1-3H3/b12-7+. The van der Waals surface area contributed by atoms with Gasteiger partial charge in [0.15, 0.2) is 0 Å². The Morgan fingerprint density at radius 1 is 1.56 bits per heavy atom. The Bertz CT molecular complexity index is 384. The Morgan fingerprint density at radius 3 is 2.94 bits per heavy atom. The van der Waals surface area contributed by atoms with Crippen LogP contribution in [0.4, 0.5) is 0 Å². The molecule has 1 aliphatic rings. The van der Waals surface area contributed by atoms with E-state index >= 15 is 0 Å². The van der Waals surface area contributed by atoms with Gasteiger partial charge in [0.25, 0.3) is 0 Å². The molecule has 1 unspecified atom stereocenters. The van der Waals surface area contributed by atoms with Gasteiger partial charge in [0.2, 0.25) is 0 Å². The molecule has 0 saturated carbocycles. The van der Waals surface area contributed by atoms with Gasteiger partial charge in [-0.3, -0.25) is 0 Å². The van der Waals surface area contributed by atoms with E-state index in [1.807, 2.05) is 27.0 Å².